The summed E-state index contributed by atoms with van der Waals surface area (Å²) >= 11 is 6.06. The Morgan fingerprint density at radius 2 is 1.93 bits per heavy atom. The Labute approximate surface area is 169 Å². The van der Waals surface area contributed by atoms with Gasteiger partial charge in [0.05, 0.1) is 10.6 Å². The number of carbonyl (C=O) groups is 2. The number of amides is 2. The molecule has 1 aromatic carbocycles. The molecule has 1 atom stereocenters. The van der Waals surface area contributed by atoms with Crippen molar-refractivity contribution in [3.05, 3.63) is 53.2 Å². The van der Waals surface area contributed by atoms with Crippen LogP contribution in [-0.2, 0) is 4.79 Å². The highest BCUT2D eigenvalue weighted by atomic mass is 35.5. The van der Waals surface area contributed by atoms with Gasteiger partial charge in [-0.15, -0.1) is 5.10 Å². The summed E-state index contributed by atoms with van der Waals surface area (Å²) in [6.45, 7) is 2.98. The lowest BCUT2D eigenvalue weighted by atomic mass is 10.0. The molecule has 8 heteroatoms. The molecule has 1 saturated heterocycles. The summed E-state index contributed by atoms with van der Waals surface area (Å²) in [4.78, 5) is 29.0. The van der Waals surface area contributed by atoms with Gasteiger partial charge in [-0.05, 0) is 44.0 Å². The van der Waals surface area contributed by atoms with Crippen molar-refractivity contribution < 1.29 is 9.59 Å². The molecule has 0 saturated carbocycles. The van der Waals surface area contributed by atoms with E-state index in [1.807, 2.05) is 19.2 Å². The molecule has 1 N–H and O–H groups in total. The molecule has 1 aliphatic heterocycles. The Kier molecular flexibility index (Phi) is 6.46. The van der Waals surface area contributed by atoms with Crippen LogP contribution in [0.2, 0.25) is 5.02 Å². The van der Waals surface area contributed by atoms with Gasteiger partial charge < -0.3 is 15.1 Å². The third kappa shape index (κ3) is 4.59. The van der Waals surface area contributed by atoms with E-state index in [-0.39, 0.29) is 11.8 Å². The van der Waals surface area contributed by atoms with Crippen molar-refractivity contribution in [2.45, 2.75) is 31.8 Å². The maximum Gasteiger partial charge on any atom is 0.253 e. The number of nitrogens with one attached hydrogen (secondary N) is 1. The molecule has 0 spiro atoms. The molecule has 0 radical (unpaired) electrons. The van der Waals surface area contributed by atoms with Crippen molar-refractivity contribution in [3.63, 3.8) is 0 Å². The monoisotopic (exact) mass is 401 g/mol. The second-order valence-electron chi connectivity index (χ2n) is 6.92. The van der Waals surface area contributed by atoms with E-state index in [0.29, 0.717) is 29.7 Å². The minimum absolute atomic E-state index is 0.0824. The quantitative estimate of drug-likeness (QED) is 0.832. The van der Waals surface area contributed by atoms with Crippen LogP contribution >= 0.6 is 11.6 Å². The fraction of sp³-hybridized carbons (Fsp3) is 0.400. The lowest BCUT2D eigenvalue weighted by Crippen LogP contribution is -2.52. The summed E-state index contributed by atoms with van der Waals surface area (Å²) in [6, 6.07) is 10.3. The summed E-state index contributed by atoms with van der Waals surface area (Å²) in [5, 5.41) is 11.2. The molecule has 2 amide bonds. The number of halogens is 1. The van der Waals surface area contributed by atoms with E-state index in [0.717, 1.165) is 18.7 Å². The highest BCUT2D eigenvalue weighted by Crippen LogP contribution is 2.20. The molecule has 1 unspecified atom stereocenters. The van der Waals surface area contributed by atoms with E-state index in [2.05, 4.69) is 20.4 Å². The average Bonchev–Trinajstić information content (AvgIpc) is 2.73. The van der Waals surface area contributed by atoms with Crippen molar-refractivity contribution in [2.75, 3.05) is 25.0 Å². The molecular formula is C20H24ClN5O2. The van der Waals surface area contributed by atoms with Crippen LogP contribution in [0.1, 0.15) is 30.1 Å². The lowest BCUT2D eigenvalue weighted by molar-refractivity contribution is -0.133. The predicted molar refractivity (Wildman–Crippen MR) is 108 cm³/mol. The number of carbonyl (C=O) groups excluding carboxylic acids is 2. The van der Waals surface area contributed by atoms with E-state index in [9.17, 15) is 9.59 Å². The van der Waals surface area contributed by atoms with Crippen LogP contribution < -0.4 is 10.2 Å². The zero-order valence-corrected chi connectivity index (χ0v) is 16.8. The number of anilines is 1. The highest BCUT2D eigenvalue weighted by molar-refractivity contribution is 6.33. The van der Waals surface area contributed by atoms with Gasteiger partial charge >= 0.3 is 0 Å². The standard InChI is InChI=1S/C20H24ClN5O2/c1-14(23-19(27)16-6-3-4-7-17(16)21)20(28)26-12-9-15(10-13-26)25(2)18-8-5-11-22-24-18/h3-8,11,14-15H,9-10,12-13H2,1-2H3,(H,23,27). The first-order valence-electron chi connectivity index (χ1n) is 9.32. The van der Waals surface area contributed by atoms with Crippen molar-refractivity contribution in [3.8, 4) is 0 Å². The number of nitrogens with zero attached hydrogens (tertiary/aromatic N) is 4. The highest BCUT2D eigenvalue weighted by Gasteiger charge is 2.29. The third-order valence-electron chi connectivity index (χ3n) is 5.08. The molecule has 148 valence electrons. The number of rotatable bonds is 5. The molecule has 7 nitrogen and oxygen atoms in total. The van der Waals surface area contributed by atoms with Crippen LogP contribution in [0, 0.1) is 0 Å². The largest absolute Gasteiger partial charge is 0.355 e. The first kappa shape index (κ1) is 20.1. The minimum atomic E-state index is -0.613. The average molecular weight is 402 g/mol. The van der Waals surface area contributed by atoms with Crippen LogP contribution in [0.4, 0.5) is 5.82 Å². The summed E-state index contributed by atoms with van der Waals surface area (Å²) < 4.78 is 0. The van der Waals surface area contributed by atoms with Crippen molar-refractivity contribution >= 4 is 29.2 Å². The number of aromatic nitrogens is 2. The Morgan fingerprint density at radius 1 is 1.21 bits per heavy atom. The molecule has 0 aliphatic carbocycles. The molecule has 2 aromatic rings. The topological polar surface area (TPSA) is 78.4 Å². The van der Waals surface area contributed by atoms with Gasteiger partial charge in [-0.1, -0.05) is 23.7 Å². The normalized spacial score (nSPS) is 15.8. The molecule has 2 heterocycles. The van der Waals surface area contributed by atoms with Crippen molar-refractivity contribution in [2.24, 2.45) is 0 Å². The fourth-order valence-corrected chi connectivity index (χ4v) is 3.62. The SMILES string of the molecule is CC(NC(=O)c1ccccc1Cl)C(=O)N1CCC(N(C)c2cccnn2)CC1. The first-order valence-corrected chi connectivity index (χ1v) is 9.70. The first-order chi connectivity index (χ1) is 13.5. The van der Waals surface area contributed by atoms with E-state index in [1.165, 1.54) is 0 Å². The second-order valence-corrected chi connectivity index (χ2v) is 7.33. The Bertz CT molecular complexity index is 824. The van der Waals surface area contributed by atoms with Crippen molar-refractivity contribution in [1.29, 1.82) is 0 Å². The number of hydrogen-bond acceptors (Lipinski definition) is 5. The summed E-state index contributed by atoms with van der Waals surface area (Å²) in [7, 11) is 2.00. The van der Waals surface area contributed by atoms with E-state index >= 15 is 0 Å². The van der Waals surface area contributed by atoms with Gasteiger partial charge in [-0.25, -0.2) is 0 Å². The van der Waals surface area contributed by atoms with Crippen LogP contribution in [0.25, 0.3) is 0 Å². The molecule has 1 aliphatic rings. The van der Waals surface area contributed by atoms with Gasteiger partial charge in [-0.3, -0.25) is 9.59 Å². The Hall–Kier alpha value is -2.67. The number of likely N-dealkylation sites (tertiary alicyclic amines) is 1. The summed E-state index contributed by atoms with van der Waals surface area (Å²) in [6.07, 6.45) is 3.32. The van der Waals surface area contributed by atoms with Crippen LogP contribution in [-0.4, -0.2) is 59.1 Å². The van der Waals surface area contributed by atoms with Crippen molar-refractivity contribution in [1.82, 2.24) is 20.4 Å². The van der Waals surface area contributed by atoms with Crippen LogP contribution in [0.15, 0.2) is 42.6 Å². The predicted octanol–water partition coefficient (Wildman–Crippen LogP) is 2.38. The molecular weight excluding hydrogens is 378 g/mol. The number of piperidine rings is 1. The Morgan fingerprint density at radius 3 is 2.57 bits per heavy atom. The van der Waals surface area contributed by atoms with Gasteiger partial charge in [0.15, 0.2) is 5.82 Å². The van der Waals surface area contributed by atoms with Crippen LogP contribution in [0.3, 0.4) is 0 Å². The molecule has 0 bridgehead atoms. The van der Waals surface area contributed by atoms with Gasteiger partial charge in [0.1, 0.15) is 6.04 Å². The van der Waals surface area contributed by atoms with E-state index in [4.69, 9.17) is 11.6 Å². The Balaban J connectivity index is 1.53. The van der Waals surface area contributed by atoms with Gasteiger partial charge in [0, 0.05) is 32.4 Å². The maximum atomic E-state index is 12.7. The fourth-order valence-electron chi connectivity index (χ4n) is 3.40. The zero-order valence-electron chi connectivity index (χ0n) is 16.0. The maximum absolute atomic E-state index is 12.7. The van der Waals surface area contributed by atoms with Crippen LogP contribution in [0.5, 0.6) is 0 Å². The summed E-state index contributed by atoms with van der Waals surface area (Å²) in [5.74, 6) is 0.400. The minimum Gasteiger partial charge on any atom is -0.355 e. The molecule has 1 aromatic heterocycles. The summed E-state index contributed by atoms with van der Waals surface area (Å²) in [5.41, 5.74) is 0.369. The molecule has 3 rings (SSSR count). The van der Waals surface area contributed by atoms with E-state index < -0.39 is 6.04 Å². The smallest absolute Gasteiger partial charge is 0.253 e. The lowest BCUT2D eigenvalue weighted by Gasteiger charge is -2.38. The van der Waals surface area contributed by atoms with Gasteiger partial charge in [-0.2, -0.15) is 5.10 Å². The van der Waals surface area contributed by atoms with Gasteiger partial charge in [0.25, 0.3) is 5.91 Å². The molecule has 28 heavy (non-hydrogen) atoms. The molecule has 1 fully saturated rings. The third-order valence-corrected chi connectivity index (χ3v) is 5.41. The number of benzene rings is 1. The number of hydrogen-bond donors (Lipinski definition) is 1. The van der Waals surface area contributed by atoms with E-state index in [1.54, 1.807) is 42.3 Å². The van der Waals surface area contributed by atoms with Gasteiger partial charge in [0.2, 0.25) is 5.91 Å². The second kappa shape index (κ2) is 9.01. The zero-order chi connectivity index (χ0) is 20.1.